The van der Waals surface area contributed by atoms with Crippen LogP contribution in [-0.4, -0.2) is 13.2 Å². The zero-order valence-electron chi connectivity index (χ0n) is 4.64. The number of hydrogen-bond acceptors (Lipinski definition) is 2. The molecule has 0 aromatic rings. The van der Waals surface area contributed by atoms with Gasteiger partial charge in [-0.2, -0.15) is 0 Å². The molecule has 10 heavy (non-hydrogen) atoms. The molecule has 0 amide bonds. The second-order valence-electron chi connectivity index (χ2n) is 1.07. The summed E-state index contributed by atoms with van der Waals surface area (Å²) >= 11 is 21.1. The molecule has 0 spiro atoms. The molecule has 0 saturated heterocycles. The number of rotatable bonds is 5. The predicted octanol–water partition coefficient (Wildman–Crippen LogP) is 4.43. The van der Waals surface area contributed by atoms with E-state index >= 15 is 0 Å². The van der Waals surface area contributed by atoms with Gasteiger partial charge >= 0.3 is 0 Å². The lowest BCUT2D eigenvalue weighted by molar-refractivity contribution is 0.258. The van der Waals surface area contributed by atoms with Gasteiger partial charge in [-0.1, -0.05) is 0 Å². The van der Waals surface area contributed by atoms with Crippen molar-refractivity contribution in [3.63, 3.8) is 0 Å². The second-order valence-corrected chi connectivity index (χ2v) is 7.12. The van der Waals surface area contributed by atoms with Gasteiger partial charge in [0.2, 0.25) is 13.7 Å². The molecule has 62 valence electrons. The van der Waals surface area contributed by atoms with E-state index in [0.29, 0.717) is 13.2 Å². The van der Waals surface area contributed by atoms with Crippen molar-refractivity contribution in [2.75, 3.05) is 13.2 Å². The third-order valence-corrected chi connectivity index (χ3v) is 2.39. The Balaban J connectivity index is 2.91. The maximum Gasteiger partial charge on any atom is 0.225 e. The summed E-state index contributed by atoms with van der Waals surface area (Å²) in [6, 6.07) is 0. The molecular weight excluding hydrogens is 260 g/mol. The molecule has 0 bridgehead atoms. The van der Waals surface area contributed by atoms with E-state index in [-0.39, 0.29) is 0 Å². The van der Waals surface area contributed by atoms with E-state index < -0.39 is 13.7 Å². The molecular formula is C2H4Cl4O2P2. The molecule has 0 aliphatic heterocycles. The fourth-order valence-corrected chi connectivity index (χ4v) is 1.47. The highest BCUT2D eigenvalue weighted by Crippen LogP contribution is 2.49. The van der Waals surface area contributed by atoms with Gasteiger partial charge in [-0.05, 0) is 45.0 Å². The van der Waals surface area contributed by atoms with E-state index in [2.05, 4.69) is 0 Å². The van der Waals surface area contributed by atoms with Gasteiger partial charge in [-0.25, -0.2) is 0 Å². The van der Waals surface area contributed by atoms with Gasteiger partial charge in [0.15, 0.2) is 0 Å². The number of hydrogen-bond donors (Lipinski definition) is 0. The van der Waals surface area contributed by atoms with E-state index in [0.717, 1.165) is 0 Å². The quantitative estimate of drug-likeness (QED) is 0.540. The Morgan fingerprint density at radius 3 is 1.30 bits per heavy atom. The molecule has 0 aliphatic rings. The summed E-state index contributed by atoms with van der Waals surface area (Å²) in [5, 5.41) is 0. The molecule has 0 aromatic carbocycles. The molecule has 0 radical (unpaired) electrons. The summed E-state index contributed by atoms with van der Waals surface area (Å²) in [6.45, 7) is -2.06. The van der Waals surface area contributed by atoms with Crippen LogP contribution in [0.3, 0.4) is 0 Å². The molecule has 0 atom stereocenters. The highest BCUT2D eigenvalue weighted by molar-refractivity contribution is 8.00. The predicted molar refractivity (Wildman–Crippen MR) is 49.2 cm³/mol. The van der Waals surface area contributed by atoms with Crippen molar-refractivity contribution >= 4 is 58.7 Å². The van der Waals surface area contributed by atoms with Crippen LogP contribution in [0.25, 0.3) is 0 Å². The van der Waals surface area contributed by atoms with Gasteiger partial charge in [0, 0.05) is 0 Å². The molecule has 0 heterocycles. The zero-order chi connectivity index (χ0) is 7.98. The average molecular weight is 264 g/mol. The standard InChI is InChI=1S/C2H4Cl4O2P2/c3-9(4)7-1-2-8-10(5)6/h1-2H2. The lowest BCUT2D eigenvalue weighted by Crippen LogP contribution is -1.93. The topological polar surface area (TPSA) is 18.5 Å². The van der Waals surface area contributed by atoms with Gasteiger partial charge in [-0.3, -0.25) is 0 Å². The van der Waals surface area contributed by atoms with Crippen LogP contribution in [0, 0.1) is 0 Å². The van der Waals surface area contributed by atoms with E-state index in [9.17, 15) is 0 Å². The molecule has 0 aliphatic carbocycles. The summed E-state index contributed by atoms with van der Waals surface area (Å²) in [4.78, 5) is 0. The maximum atomic E-state index is 5.28. The van der Waals surface area contributed by atoms with Crippen LogP contribution in [-0.2, 0) is 9.05 Å². The van der Waals surface area contributed by atoms with Crippen LogP contribution in [0.5, 0.6) is 0 Å². The first-order chi connectivity index (χ1) is 4.63. The minimum atomic E-state index is -1.35. The normalized spacial score (nSPS) is 11.4. The fraction of sp³-hybridized carbons (Fsp3) is 1.00. The first kappa shape index (κ1) is 11.9. The first-order valence-corrected chi connectivity index (χ1v) is 8.26. The monoisotopic (exact) mass is 262 g/mol. The molecule has 2 nitrogen and oxygen atoms in total. The van der Waals surface area contributed by atoms with E-state index in [1.165, 1.54) is 0 Å². The summed E-state index contributed by atoms with van der Waals surface area (Å²) in [5.74, 6) is 0. The molecule has 0 aromatic heterocycles. The van der Waals surface area contributed by atoms with Crippen molar-refractivity contribution in [1.29, 1.82) is 0 Å². The Morgan fingerprint density at radius 1 is 0.800 bits per heavy atom. The third kappa shape index (κ3) is 9.94. The molecule has 0 N–H and O–H groups in total. The highest BCUT2D eigenvalue weighted by atomic mass is 35.9. The minimum absolute atomic E-state index is 0.316. The van der Waals surface area contributed by atoms with Gasteiger partial charge in [0.25, 0.3) is 0 Å². The van der Waals surface area contributed by atoms with Crippen LogP contribution in [0.15, 0.2) is 0 Å². The van der Waals surface area contributed by atoms with Crippen LogP contribution < -0.4 is 0 Å². The van der Waals surface area contributed by atoms with E-state index in [1.807, 2.05) is 0 Å². The summed E-state index contributed by atoms with van der Waals surface area (Å²) < 4.78 is 9.51. The summed E-state index contributed by atoms with van der Waals surface area (Å²) in [7, 11) is 0. The first-order valence-electron chi connectivity index (χ1n) is 2.12. The van der Waals surface area contributed by atoms with Gasteiger partial charge < -0.3 is 9.05 Å². The Morgan fingerprint density at radius 2 is 1.10 bits per heavy atom. The second kappa shape index (κ2) is 7.58. The lowest BCUT2D eigenvalue weighted by atomic mass is 10.8. The molecule has 0 fully saturated rings. The molecule has 0 unspecified atom stereocenters. The van der Waals surface area contributed by atoms with E-state index in [4.69, 9.17) is 54.0 Å². The van der Waals surface area contributed by atoms with Crippen LogP contribution in [0.1, 0.15) is 0 Å². The average Bonchev–Trinajstić information content (AvgIpc) is 1.79. The van der Waals surface area contributed by atoms with Crippen molar-refractivity contribution in [1.82, 2.24) is 0 Å². The van der Waals surface area contributed by atoms with Gasteiger partial charge in [-0.15, -0.1) is 0 Å². The molecule has 0 saturated carbocycles. The van der Waals surface area contributed by atoms with Crippen molar-refractivity contribution in [3.8, 4) is 0 Å². The Kier molecular flexibility index (Phi) is 9.05. The third-order valence-electron chi connectivity index (χ3n) is 0.461. The highest BCUT2D eigenvalue weighted by Gasteiger charge is 2.01. The Bertz CT molecular complexity index is 71.7. The van der Waals surface area contributed by atoms with Crippen molar-refractivity contribution < 1.29 is 9.05 Å². The SMILES string of the molecule is ClP(Cl)OCCOP(Cl)Cl. The summed E-state index contributed by atoms with van der Waals surface area (Å²) in [6.07, 6.45) is 0. The van der Waals surface area contributed by atoms with E-state index in [1.54, 1.807) is 0 Å². The van der Waals surface area contributed by atoms with Crippen molar-refractivity contribution in [2.45, 2.75) is 0 Å². The lowest BCUT2D eigenvalue weighted by Gasteiger charge is -2.03. The van der Waals surface area contributed by atoms with Crippen LogP contribution in [0.2, 0.25) is 0 Å². The van der Waals surface area contributed by atoms with Gasteiger partial charge in [0.1, 0.15) is 0 Å². The Labute approximate surface area is 80.9 Å². The van der Waals surface area contributed by atoms with Crippen LogP contribution >= 0.6 is 58.7 Å². The maximum absolute atomic E-state index is 5.28. The molecule has 8 heteroatoms. The zero-order valence-corrected chi connectivity index (χ0v) is 9.45. The fourth-order valence-electron chi connectivity index (χ4n) is 0.213. The van der Waals surface area contributed by atoms with Gasteiger partial charge in [0.05, 0.1) is 13.2 Å². The minimum Gasteiger partial charge on any atom is -0.329 e. The van der Waals surface area contributed by atoms with Crippen LogP contribution in [0.4, 0.5) is 0 Å². The number of halogens is 4. The van der Waals surface area contributed by atoms with Crippen molar-refractivity contribution in [2.24, 2.45) is 0 Å². The Hall–Kier alpha value is 1.94. The summed E-state index contributed by atoms with van der Waals surface area (Å²) in [5.41, 5.74) is 0. The molecule has 0 rings (SSSR count). The smallest absolute Gasteiger partial charge is 0.225 e. The largest absolute Gasteiger partial charge is 0.329 e. The van der Waals surface area contributed by atoms with Crippen molar-refractivity contribution in [3.05, 3.63) is 0 Å².